The van der Waals surface area contributed by atoms with Crippen LogP contribution < -0.4 is 11.1 Å². The van der Waals surface area contributed by atoms with E-state index in [4.69, 9.17) is 5.73 Å². The molecule has 1 heterocycles. The molecule has 2 fully saturated rings. The molecule has 3 N–H and O–H groups in total. The van der Waals surface area contributed by atoms with Gasteiger partial charge in [0.25, 0.3) is 10.0 Å². The van der Waals surface area contributed by atoms with Crippen LogP contribution >= 0.6 is 0 Å². The zero-order valence-corrected chi connectivity index (χ0v) is 14.4. The van der Waals surface area contributed by atoms with Gasteiger partial charge in [0.05, 0.1) is 12.6 Å². The predicted octanol–water partition coefficient (Wildman–Crippen LogP) is 0.329. The third kappa shape index (κ3) is 4.76. The highest BCUT2D eigenvalue weighted by molar-refractivity contribution is 8.03. The van der Waals surface area contributed by atoms with Crippen molar-refractivity contribution >= 4 is 27.0 Å². The summed E-state index contributed by atoms with van der Waals surface area (Å²) in [5.74, 6) is -0.191. The number of nitrogens with one attached hydrogen (secondary N) is 1. The minimum atomic E-state index is -4.30. The lowest BCUT2D eigenvalue weighted by Gasteiger charge is -2.18. The Hall–Kier alpha value is -1.48. The third-order valence-corrected chi connectivity index (χ3v) is 6.14. The first-order chi connectivity index (χ1) is 11.3. The number of nitrogens with zero attached hydrogens (tertiary/aromatic N) is 1. The van der Waals surface area contributed by atoms with Crippen LogP contribution in [-0.2, 0) is 19.6 Å². The number of Topliss-reactive ketones (excluding diaryl/α,β-unsaturated/α-hetero) is 1. The van der Waals surface area contributed by atoms with Gasteiger partial charge in [-0.1, -0.05) is 25.7 Å². The minimum Gasteiger partial charge on any atom is -0.355 e. The summed E-state index contributed by atoms with van der Waals surface area (Å²) in [4.78, 5) is 35.2. The van der Waals surface area contributed by atoms with Crippen molar-refractivity contribution in [3.8, 4) is 0 Å². The molecule has 1 saturated carbocycles. The Labute approximate surface area is 142 Å². The first-order valence-electron chi connectivity index (χ1n) is 8.26. The zero-order chi connectivity index (χ0) is 17.7. The fourth-order valence-corrected chi connectivity index (χ4v) is 4.15. The monoisotopic (exact) mass is 358 g/mol. The smallest absolute Gasteiger partial charge is 0.349 e. The number of rotatable bonds is 5. The van der Waals surface area contributed by atoms with E-state index in [9.17, 15) is 22.8 Å². The van der Waals surface area contributed by atoms with Gasteiger partial charge in [-0.25, -0.2) is 8.42 Å². The number of ketones is 1. The van der Waals surface area contributed by atoms with Gasteiger partial charge in [0, 0.05) is 13.0 Å². The first kappa shape index (κ1) is 18.9. The molecular formula is C15H24N3O5S. The molecule has 1 aliphatic heterocycles. The summed E-state index contributed by atoms with van der Waals surface area (Å²) < 4.78 is 24.3. The second-order valence-electron chi connectivity index (χ2n) is 6.42. The Morgan fingerprint density at radius 1 is 1.21 bits per heavy atom. The van der Waals surface area contributed by atoms with Crippen LogP contribution in [0.1, 0.15) is 44.9 Å². The van der Waals surface area contributed by atoms with Crippen LogP contribution in [0.15, 0.2) is 0 Å². The van der Waals surface area contributed by atoms with Crippen LogP contribution in [0.3, 0.4) is 0 Å². The Balaban J connectivity index is 1.86. The molecule has 1 atom stereocenters. The second-order valence-corrected chi connectivity index (χ2v) is 8.29. The van der Waals surface area contributed by atoms with Crippen molar-refractivity contribution in [2.24, 2.45) is 11.7 Å². The van der Waals surface area contributed by atoms with E-state index in [1.807, 2.05) is 0 Å². The highest BCUT2D eigenvalue weighted by atomic mass is 32.2. The van der Waals surface area contributed by atoms with Gasteiger partial charge < -0.3 is 11.1 Å². The van der Waals surface area contributed by atoms with Crippen molar-refractivity contribution in [2.45, 2.75) is 51.0 Å². The Bertz CT molecular complexity index is 598. The quantitative estimate of drug-likeness (QED) is 0.732. The molecule has 0 spiro atoms. The lowest BCUT2D eigenvalue weighted by atomic mass is 10.0. The van der Waals surface area contributed by atoms with Gasteiger partial charge >= 0.3 is 5.24 Å². The lowest BCUT2D eigenvalue weighted by Crippen LogP contribution is -2.46. The number of carbonyl (C=O) groups is 3. The van der Waals surface area contributed by atoms with Crippen LogP contribution in [-0.4, -0.2) is 48.8 Å². The molecule has 135 valence electrons. The van der Waals surface area contributed by atoms with Crippen LogP contribution in [0.4, 0.5) is 4.79 Å². The fourth-order valence-electron chi connectivity index (χ4n) is 3.23. The highest BCUT2D eigenvalue weighted by Crippen LogP contribution is 2.28. The number of primary amides is 1. The first-order valence-corrected chi connectivity index (χ1v) is 9.70. The van der Waals surface area contributed by atoms with Gasteiger partial charge in [0.15, 0.2) is 5.78 Å². The van der Waals surface area contributed by atoms with Crippen LogP contribution in [0.25, 0.3) is 0 Å². The molecule has 0 aromatic heterocycles. The third-order valence-electron chi connectivity index (χ3n) is 4.64. The van der Waals surface area contributed by atoms with Gasteiger partial charge in [0.1, 0.15) is 0 Å². The topological polar surface area (TPSA) is 127 Å². The summed E-state index contributed by atoms with van der Waals surface area (Å²) >= 11 is 0. The van der Waals surface area contributed by atoms with Gasteiger partial charge in [-0.3, -0.25) is 14.4 Å². The van der Waals surface area contributed by atoms with Gasteiger partial charge in [-0.15, -0.1) is 0 Å². The molecule has 1 aliphatic carbocycles. The average Bonchev–Trinajstić information content (AvgIpc) is 2.97. The van der Waals surface area contributed by atoms with Crippen molar-refractivity contribution in [3.63, 3.8) is 0 Å². The van der Waals surface area contributed by atoms with Crippen LogP contribution in [0.2, 0.25) is 0 Å². The molecule has 9 heteroatoms. The summed E-state index contributed by atoms with van der Waals surface area (Å²) in [7, 11) is -4.30. The molecule has 1 radical (unpaired) electrons. The summed E-state index contributed by atoms with van der Waals surface area (Å²) in [6.07, 6.45) is 7.65. The molecule has 0 aromatic rings. The normalized spacial score (nSPS) is 23.8. The largest absolute Gasteiger partial charge is 0.355 e. The molecule has 24 heavy (non-hydrogen) atoms. The number of hydrogen-bond acceptors (Lipinski definition) is 5. The Morgan fingerprint density at radius 2 is 1.88 bits per heavy atom. The van der Waals surface area contributed by atoms with E-state index in [0.29, 0.717) is 25.2 Å². The Kier molecular flexibility index (Phi) is 6.34. The van der Waals surface area contributed by atoms with Crippen molar-refractivity contribution in [1.82, 2.24) is 9.62 Å². The van der Waals surface area contributed by atoms with E-state index in [1.54, 1.807) is 6.42 Å². The van der Waals surface area contributed by atoms with Crippen LogP contribution in [0.5, 0.6) is 0 Å². The molecule has 8 nitrogen and oxygen atoms in total. The molecule has 0 aromatic carbocycles. The van der Waals surface area contributed by atoms with E-state index in [0.717, 1.165) is 17.1 Å². The van der Waals surface area contributed by atoms with E-state index < -0.39 is 33.6 Å². The van der Waals surface area contributed by atoms with Crippen LogP contribution in [0, 0.1) is 12.3 Å². The number of carbonyl (C=O) groups excluding carboxylic acids is 3. The zero-order valence-electron chi connectivity index (χ0n) is 13.6. The standard InChI is InChI=1S/C15H24N3O5S/c16-15(21)24(22,23)18-9-3-6-12(13(19)10-18)17-14(20)8-7-11-4-1-2-5-11/h8,11-12H,1-7,9-10H2,(H2,16,21)(H,17,20)/t12-/m0/s1. The SMILES string of the molecule is NC(=O)S(=O)(=O)N1CCC[C@H](NC(=O)[CH]CC2CCCC2)C(=O)C1. The molecule has 0 unspecified atom stereocenters. The van der Waals surface area contributed by atoms with E-state index >= 15 is 0 Å². The Morgan fingerprint density at radius 3 is 2.50 bits per heavy atom. The number of amides is 2. The van der Waals surface area contributed by atoms with E-state index in [-0.39, 0.29) is 12.5 Å². The predicted molar refractivity (Wildman–Crippen MR) is 87.1 cm³/mol. The summed E-state index contributed by atoms with van der Waals surface area (Å²) in [6, 6.07) is -0.731. The summed E-state index contributed by atoms with van der Waals surface area (Å²) in [5, 5.41) is 1.18. The maximum absolute atomic E-state index is 12.2. The fraction of sp³-hybridized carbons (Fsp3) is 0.733. The highest BCUT2D eigenvalue weighted by Gasteiger charge is 2.34. The van der Waals surface area contributed by atoms with Crippen molar-refractivity contribution in [1.29, 1.82) is 0 Å². The minimum absolute atomic E-state index is 0.0369. The summed E-state index contributed by atoms with van der Waals surface area (Å²) in [6.45, 7) is -0.409. The number of sulfonamides is 1. The van der Waals surface area contributed by atoms with Crippen molar-refractivity contribution in [3.05, 3.63) is 6.42 Å². The average molecular weight is 358 g/mol. The number of hydrogen-bond donors (Lipinski definition) is 2. The van der Waals surface area contributed by atoms with Gasteiger partial charge in [-0.2, -0.15) is 4.31 Å². The molecule has 2 rings (SSSR count). The number of nitrogens with two attached hydrogens (primary N) is 1. The lowest BCUT2D eigenvalue weighted by molar-refractivity contribution is -0.126. The molecule has 1 saturated heterocycles. The molecular weight excluding hydrogens is 334 g/mol. The molecule has 2 aliphatic rings. The van der Waals surface area contributed by atoms with Gasteiger partial charge in [0.2, 0.25) is 5.91 Å². The second kappa shape index (κ2) is 8.06. The maximum atomic E-state index is 12.2. The van der Waals surface area contributed by atoms with Crippen molar-refractivity contribution in [2.75, 3.05) is 13.1 Å². The van der Waals surface area contributed by atoms with Crippen molar-refractivity contribution < 1.29 is 22.8 Å². The van der Waals surface area contributed by atoms with Gasteiger partial charge in [-0.05, 0) is 25.2 Å². The summed E-state index contributed by atoms with van der Waals surface area (Å²) in [5.41, 5.74) is 4.86. The van der Waals surface area contributed by atoms with E-state index in [2.05, 4.69) is 5.32 Å². The molecule has 2 amide bonds. The molecule has 0 bridgehead atoms. The van der Waals surface area contributed by atoms with E-state index in [1.165, 1.54) is 12.8 Å². The maximum Gasteiger partial charge on any atom is 0.349 e.